The smallest absolute Gasteiger partial charge is 0.227 e. The van der Waals surface area contributed by atoms with Gasteiger partial charge in [-0.15, -0.1) is 0 Å². The van der Waals surface area contributed by atoms with Crippen LogP contribution in [0.15, 0.2) is 198 Å². The van der Waals surface area contributed by atoms with Gasteiger partial charge in [-0.05, 0) is 216 Å². The van der Waals surface area contributed by atoms with Crippen molar-refractivity contribution < 1.29 is 50.2 Å². The zero-order chi connectivity index (χ0) is 63.1. The molecule has 18 heteroatoms. The highest BCUT2D eigenvalue weighted by Crippen LogP contribution is 2.43. The Bertz CT molecular complexity index is 4090. The van der Waals surface area contributed by atoms with Gasteiger partial charge in [0.1, 0.15) is 28.7 Å². The largest absolute Gasteiger partial charge is 0.497 e. The van der Waals surface area contributed by atoms with Crippen molar-refractivity contribution in [3.8, 4) is 34.5 Å². The highest BCUT2D eigenvalue weighted by Gasteiger charge is 2.32. The Hall–Kier alpha value is -7.77. The molecule has 3 aliphatic heterocycles. The van der Waals surface area contributed by atoms with Crippen molar-refractivity contribution in [2.75, 3.05) is 43.7 Å². The van der Waals surface area contributed by atoms with Gasteiger partial charge in [-0.2, -0.15) is 0 Å². The molecule has 466 valence electrons. The van der Waals surface area contributed by atoms with Gasteiger partial charge < -0.3 is 34.1 Å². The molecule has 8 aromatic rings. The molecule has 89 heavy (non-hydrogen) atoms. The molecule has 11 rings (SSSR count). The number of nitrogens with zero attached hydrogens (tertiary/aromatic N) is 2. The molecule has 0 aliphatic carbocycles. The number of anilines is 2. The van der Waals surface area contributed by atoms with E-state index in [4.69, 9.17) is 18.9 Å². The van der Waals surface area contributed by atoms with Crippen molar-refractivity contribution >= 4 is 80.6 Å². The minimum atomic E-state index is -3.73. The van der Waals surface area contributed by atoms with Gasteiger partial charge in [0.15, 0.2) is 5.75 Å². The molecule has 0 radical (unpaired) electrons. The Kier molecular flexibility index (Phi) is 21.4. The predicted molar refractivity (Wildman–Crippen MR) is 357 cm³/mol. The fourth-order valence-electron chi connectivity index (χ4n) is 10.6. The van der Waals surface area contributed by atoms with E-state index in [1.54, 1.807) is 65.6 Å². The molecule has 3 amide bonds. The summed E-state index contributed by atoms with van der Waals surface area (Å²) < 4.78 is 76.8. The molecular formula is C71H75Br2N3O11S2. The number of nitrogens with one attached hydrogen (secondary N) is 1. The second kappa shape index (κ2) is 28.4. The Morgan fingerprint density at radius 1 is 0.438 bits per heavy atom. The number of sulfone groups is 2. The second-order valence-corrected chi connectivity index (χ2v) is 28.4. The zero-order valence-corrected chi connectivity index (χ0v) is 55.3. The van der Waals surface area contributed by atoms with Crippen LogP contribution in [0.2, 0.25) is 0 Å². The number of rotatable bonds is 16. The maximum absolute atomic E-state index is 13.2. The monoisotopic (exact) mass is 1370 g/mol. The Morgan fingerprint density at radius 3 is 1.18 bits per heavy atom. The first-order valence-corrected chi connectivity index (χ1v) is 33.5. The van der Waals surface area contributed by atoms with Crippen LogP contribution in [0.4, 0.5) is 11.4 Å². The molecular weight excluding hydrogens is 1290 g/mol. The molecule has 0 saturated carbocycles. The third-order valence-corrected chi connectivity index (χ3v) is 21.3. The lowest BCUT2D eigenvalue weighted by atomic mass is 9.77. The van der Waals surface area contributed by atoms with Gasteiger partial charge in [0.25, 0.3) is 0 Å². The summed E-state index contributed by atoms with van der Waals surface area (Å²) in [6, 6.07) is 49.9. The molecule has 3 saturated heterocycles. The van der Waals surface area contributed by atoms with E-state index in [1.165, 1.54) is 61.7 Å². The van der Waals surface area contributed by atoms with Crippen molar-refractivity contribution in [1.29, 1.82) is 0 Å². The van der Waals surface area contributed by atoms with E-state index in [9.17, 15) is 31.2 Å². The van der Waals surface area contributed by atoms with Gasteiger partial charge in [-0.1, -0.05) is 87.4 Å². The van der Waals surface area contributed by atoms with Gasteiger partial charge in [-0.3, -0.25) is 14.4 Å². The number of carbonyl (C=O) groups is 3. The SMILES string of the molecule is C.COc1ccc(S(=O)(=O)c2ccc(Oc3ccc(C(C)(C)c4ccc(C)c(Br)c4)cc3Br)cc2)cc1.COc1ccc(S(=O)(=O)c2ccc(Oc3ccc(C(C)(C)c4ccc(C)c(N5CCCC5=O)c4)cc3N3CCCC3=O)cc2)cc1.O=C1CCCN1. The van der Waals surface area contributed by atoms with Crippen LogP contribution in [-0.2, 0) is 44.9 Å². The average molecular weight is 1370 g/mol. The van der Waals surface area contributed by atoms with E-state index in [1.807, 2.05) is 36.1 Å². The van der Waals surface area contributed by atoms with E-state index >= 15 is 0 Å². The van der Waals surface area contributed by atoms with Gasteiger partial charge in [-0.25, -0.2) is 16.8 Å². The molecule has 0 atom stereocenters. The lowest BCUT2D eigenvalue weighted by Gasteiger charge is -2.30. The second-order valence-electron chi connectivity index (χ2n) is 22.8. The maximum atomic E-state index is 13.2. The summed E-state index contributed by atoms with van der Waals surface area (Å²) in [6.07, 6.45) is 4.43. The van der Waals surface area contributed by atoms with Crippen LogP contribution in [-0.4, -0.2) is 68.4 Å². The minimum absolute atomic E-state index is 0. The molecule has 0 bridgehead atoms. The molecule has 1 N–H and O–H groups in total. The number of amides is 3. The molecule has 0 spiro atoms. The van der Waals surface area contributed by atoms with Crippen molar-refractivity contribution in [3.05, 3.63) is 212 Å². The molecule has 3 fully saturated rings. The quantitative estimate of drug-likeness (QED) is 0.0974. The van der Waals surface area contributed by atoms with Crippen molar-refractivity contribution in [2.45, 2.75) is 118 Å². The fraction of sp³-hybridized carbons (Fsp3) is 0.282. The highest BCUT2D eigenvalue weighted by molar-refractivity contribution is 9.10. The minimum Gasteiger partial charge on any atom is -0.497 e. The highest BCUT2D eigenvalue weighted by atomic mass is 79.9. The standard InChI is InChI=1S/C37H38N2O6S.C29H26Br2O4S.C4H7NO.CH4/c1-25-9-10-26(23-32(25)38-21-5-7-35(38)40)37(2,3)27-11-20-34(33(24-27)39-22-6-8-36(39)41)45-29-14-18-31(19-15-29)46(42,43)30-16-12-28(44-4)13-17-30;1-19-5-6-20(17-26(19)30)29(2,3)21-7-16-28(27(31)18-21)35-23-10-14-25(15-11-23)36(32,33)24-12-8-22(34-4)9-13-24;6-4-2-1-3-5-4;/h9-20,23-24H,5-8,21-22H2,1-4H3;5-18H,1-4H3;1-3H2,(H,5,6);1H4. The lowest BCUT2D eigenvalue weighted by molar-refractivity contribution is -0.119. The number of hydrogen-bond donors (Lipinski definition) is 1. The molecule has 8 aromatic carbocycles. The Labute approximate surface area is 540 Å². The van der Waals surface area contributed by atoms with Crippen LogP contribution in [0.25, 0.3) is 0 Å². The van der Waals surface area contributed by atoms with Gasteiger partial charge in [0.2, 0.25) is 37.4 Å². The zero-order valence-electron chi connectivity index (χ0n) is 50.5. The first kappa shape index (κ1) is 67.2. The summed E-state index contributed by atoms with van der Waals surface area (Å²) in [4.78, 5) is 40.0. The number of halogens is 2. The van der Waals surface area contributed by atoms with Crippen LogP contribution in [0, 0.1) is 13.8 Å². The van der Waals surface area contributed by atoms with Crippen LogP contribution in [0.3, 0.4) is 0 Å². The Morgan fingerprint density at radius 2 is 0.809 bits per heavy atom. The maximum Gasteiger partial charge on any atom is 0.227 e. The van der Waals surface area contributed by atoms with Crippen LogP contribution in [0.1, 0.15) is 107 Å². The van der Waals surface area contributed by atoms with Crippen LogP contribution >= 0.6 is 31.9 Å². The normalized spacial score (nSPS) is 14.2. The summed E-state index contributed by atoms with van der Waals surface area (Å²) in [7, 11) is -4.30. The van der Waals surface area contributed by atoms with E-state index in [0.717, 1.165) is 75.7 Å². The molecule has 14 nitrogen and oxygen atoms in total. The van der Waals surface area contributed by atoms with Crippen LogP contribution < -0.4 is 34.1 Å². The van der Waals surface area contributed by atoms with E-state index < -0.39 is 25.1 Å². The summed E-state index contributed by atoms with van der Waals surface area (Å²) in [5.74, 6) is 3.71. The third kappa shape index (κ3) is 15.3. The number of aryl methyl sites for hydroxylation is 2. The van der Waals surface area contributed by atoms with E-state index in [2.05, 4.69) is 120 Å². The predicted octanol–water partition coefficient (Wildman–Crippen LogP) is 16.2. The summed E-state index contributed by atoms with van der Waals surface area (Å²) in [5, 5.41) is 2.68. The van der Waals surface area contributed by atoms with Crippen molar-refractivity contribution in [1.82, 2.24) is 5.32 Å². The fourth-order valence-corrected chi connectivity index (χ4v) is 13.9. The molecule has 0 unspecified atom stereocenters. The summed E-state index contributed by atoms with van der Waals surface area (Å²) in [5.41, 5.74) is 7.62. The third-order valence-electron chi connectivity index (χ3n) is 16.3. The molecule has 0 aromatic heterocycles. The summed E-state index contributed by atoms with van der Waals surface area (Å²) >= 11 is 7.28. The first-order valence-electron chi connectivity index (χ1n) is 28.9. The number of methoxy groups -OCH3 is 2. The molecule has 3 aliphatic rings. The van der Waals surface area contributed by atoms with Crippen molar-refractivity contribution in [3.63, 3.8) is 0 Å². The van der Waals surface area contributed by atoms with Crippen molar-refractivity contribution in [2.24, 2.45) is 0 Å². The lowest BCUT2D eigenvalue weighted by Crippen LogP contribution is -2.27. The van der Waals surface area contributed by atoms with E-state index in [0.29, 0.717) is 59.6 Å². The number of ether oxygens (including phenoxy) is 4. The number of benzene rings is 8. The molecule has 3 heterocycles. The van der Waals surface area contributed by atoms with Gasteiger partial charge >= 0.3 is 0 Å². The number of hydrogen-bond acceptors (Lipinski definition) is 11. The number of carbonyl (C=O) groups excluding carboxylic acids is 3. The van der Waals surface area contributed by atoms with E-state index in [-0.39, 0.29) is 50.1 Å². The van der Waals surface area contributed by atoms with Crippen LogP contribution in [0.5, 0.6) is 34.5 Å². The van der Waals surface area contributed by atoms with Gasteiger partial charge in [0.05, 0.1) is 44.0 Å². The first-order chi connectivity index (χ1) is 41.9. The summed E-state index contributed by atoms with van der Waals surface area (Å²) in [6.45, 7) is 15.0. The van der Waals surface area contributed by atoms with Gasteiger partial charge in [0, 0.05) is 59.9 Å². The topological polar surface area (TPSA) is 175 Å². The average Bonchev–Trinajstić information content (AvgIpc) is 3.17. The Balaban J connectivity index is 0.000000213.